The summed E-state index contributed by atoms with van der Waals surface area (Å²) < 4.78 is 6.40. The SMILES string of the molecule is CC(C)(C)[Si](C)(C)OC1CC(CN2C(=O)c3ccccc3C2=O)N(C(=O)O)C1. The van der Waals surface area contributed by atoms with E-state index in [9.17, 15) is 19.5 Å². The van der Waals surface area contributed by atoms with Gasteiger partial charge in [0.05, 0.1) is 29.8 Å². The van der Waals surface area contributed by atoms with Gasteiger partial charge in [-0.05, 0) is 36.7 Å². The van der Waals surface area contributed by atoms with Crippen molar-refractivity contribution in [2.45, 2.75) is 57.5 Å². The van der Waals surface area contributed by atoms with E-state index in [1.165, 1.54) is 9.80 Å². The van der Waals surface area contributed by atoms with E-state index in [4.69, 9.17) is 4.43 Å². The van der Waals surface area contributed by atoms with Gasteiger partial charge in [0.15, 0.2) is 8.32 Å². The molecule has 3 rings (SSSR count). The molecule has 0 saturated carbocycles. The van der Waals surface area contributed by atoms with Gasteiger partial charge in [-0.25, -0.2) is 4.79 Å². The number of imide groups is 1. The van der Waals surface area contributed by atoms with Crippen molar-refractivity contribution >= 4 is 26.2 Å². The molecule has 0 aliphatic carbocycles. The minimum atomic E-state index is -2.05. The number of amides is 3. The van der Waals surface area contributed by atoms with Gasteiger partial charge in [0.2, 0.25) is 0 Å². The van der Waals surface area contributed by atoms with Crippen molar-refractivity contribution < 1.29 is 23.9 Å². The number of rotatable bonds is 4. The van der Waals surface area contributed by atoms with Crippen LogP contribution in [0.2, 0.25) is 18.1 Å². The van der Waals surface area contributed by atoms with Crippen LogP contribution in [0, 0.1) is 0 Å². The van der Waals surface area contributed by atoms with Crippen LogP contribution >= 0.6 is 0 Å². The zero-order valence-electron chi connectivity index (χ0n) is 17.1. The molecule has 152 valence electrons. The number of hydrogen-bond acceptors (Lipinski definition) is 4. The summed E-state index contributed by atoms with van der Waals surface area (Å²) in [6.45, 7) is 11.0. The largest absolute Gasteiger partial charge is 0.465 e. The second-order valence-corrected chi connectivity index (χ2v) is 13.8. The predicted molar refractivity (Wildman–Crippen MR) is 107 cm³/mol. The third kappa shape index (κ3) is 3.58. The fraction of sp³-hybridized carbons (Fsp3) is 0.550. The normalized spacial score (nSPS) is 22.8. The Balaban J connectivity index is 1.76. The Morgan fingerprint density at radius 2 is 1.71 bits per heavy atom. The van der Waals surface area contributed by atoms with E-state index in [1.54, 1.807) is 24.3 Å². The van der Waals surface area contributed by atoms with Crippen molar-refractivity contribution in [3.63, 3.8) is 0 Å². The average Bonchev–Trinajstić information content (AvgIpc) is 3.09. The summed E-state index contributed by atoms with van der Waals surface area (Å²) in [6, 6.07) is 6.23. The summed E-state index contributed by atoms with van der Waals surface area (Å²) in [5.74, 6) is -0.723. The molecule has 0 radical (unpaired) electrons. The number of carbonyl (C=O) groups is 3. The van der Waals surface area contributed by atoms with Gasteiger partial charge >= 0.3 is 6.09 Å². The summed E-state index contributed by atoms with van der Waals surface area (Å²) in [5, 5.41) is 9.65. The predicted octanol–water partition coefficient (Wildman–Crippen LogP) is 3.43. The van der Waals surface area contributed by atoms with E-state index in [2.05, 4.69) is 33.9 Å². The maximum Gasteiger partial charge on any atom is 0.407 e. The average molecular weight is 405 g/mol. The molecular formula is C20H28N2O5Si. The zero-order chi connectivity index (χ0) is 20.9. The van der Waals surface area contributed by atoms with Crippen LogP contribution in [-0.4, -0.2) is 66.4 Å². The first kappa shape index (κ1) is 20.5. The van der Waals surface area contributed by atoms with E-state index in [1.807, 2.05) is 0 Å². The number of benzene rings is 1. The Kier molecular flexibility index (Phi) is 5.14. The Morgan fingerprint density at radius 3 is 2.18 bits per heavy atom. The molecule has 7 nitrogen and oxygen atoms in total. The van der Waals surface area contributed by atoms with Crippen LogP contribution in [0.1, 0.15) is 47.9 Å². The molecule has 28 heavy (non-hydrogen) atoms. The van der Waals surface area contributed by atoms with E-state index < -0.39 is 20.5 Å². The van der Waals surface area contributed by atoms with E-state index >= 15 is 0 Å². The number of carbonyl (C=O) groups excluding carboxylic acids is 2. The van der Waals surface area contributed by atoms with Crippen molar-refractivity contribution in [3.8, 4) is 0 Å². The molecular weight excluding hydrogens is 376 g/mol. The van der Waals surface area contributed by atoms with Crippen LogP contribution in [0.3, 0.4) is 0 Å². The molecule has 0 aromatic heterocycles. The van der Waals surface area contributed by atoms with Crippen molar-refractivity contribution in [1.29, 1.82) is 0 Å². The lowest BCUT2D eigenvalue weighted by molar-refractivity contribution is 0.0603. The van der Waals surface area contributed by atoms with Crippen LogP contribution in [0.15, 0.2) is 24.3 Å². The second-order valence-electron chi connectivity index (χ2n) is 9.09. The van der Waals surface area contributed by atoms with Crippen LogP contribution in [0.5, 0.6) is 0 Å². The van der Waals surface area contributed by atoms with Gasteiger partial charge in [0.25, 0.3) is 11.8 Å². The van der Waals surface area contributed by atoms with E-state index in [0.717, 1.165) is 0 Å². The lowest BCUT2D eigenvalue weighted by Crippen LogP contribution is -2.45. The van der Waals surface area contributed by atoms with Gasteiger partial charge in [-0.15, -0.1) is 0 Å². The maximum absolute atomic E-state index is 12.6. The third-order valence-corrected chi connectivity index (χ3v) is 10.7. The summed E-state index contributed by atoms with van der Waals surface area (Å²) >= 11 is 0. The van der Waals surface area contributed by atoms with E-state index in [-0.39, 0.29) is 36.0 Å². The number of fused-ring (bicyclic) bond motifs is 1. The highest BCUT2D eigenvalue weighted by atomic mass is 28.4. The molecule has 3 amide bonds. The lowest BCUT2D eigenvalue weighted by atomic mass is 10.1. The quantitative estimate of drug-likeness (QED) is 0.614. The first-order chi connectivity index (χ1) is 12.9. The highest BCUT2D eigenvalue weighted by Gasteiger charge is 2.45. The van der Waals surface area contributed by atoms with Crippen molar-refractivity contribution in [3.05, 3.63) is 35.4 Å². The lowest BCUT2D eigenvalue weighted by Gasteiger charge is -2.38. The van der Waals surface area contributed by atoms with Gasteiger partial charge in [-0.2, -0.15) is 0 Å². The number of likely N-dealkylation sites (tertiary alicyclic amines) is 1. The Morgan fingerprint density at radius 1 is 1.18 bits per heavy atom. The minimum Gasteiger partial charge on any atom is -0.465 e. The van der Waals surface area contributed by atoms with Gasteiger partial charge in [0, 0.05) is 6.54 Å². The van der Waals surface area contributed by atoms with Gasteiger partial charge < -0.3 is 14.4 Å². The molecule has 8 heteroatoms. The van der Waals surface area contributed by atoms with Crippen molar-refractivity contribution in [2.75, 3.05) is 13.1 Å². The molecule has 2 aliphatic rings. The summed E-state index contributed by atoms with van der Waals surface area (Å²) in [5.41, 5.74) is 0.753. The van der Waals surface area contributed by atoms with Crippen LogP contribution in [0.25, 0.3) is 0 Å². The monoisotopic (exact) mass is 404 g/mol. The molecule has 2 unspecified atom stereocenters. The molecule has 2 heterocycles. The Hall–Kier alpha value is -2.19. The molecule has 1 saturated heterocycles. The molecule has 1 aromatic rings. The number of hydrogen-bond donors (Lipinski definition) is 1. The molecule has 0 spiro atoms. The molecule has 1 aromatic carbocycles. The highest BCUT2D eigenvalue weighted by molar-refractivity contribution is 6.74. The summed E-state index contributed by atoms with van der Waals surface area (Å²) in [4.78, 5) is 39.5. The fourth-order valence-electron chi connectivity index (χ4n) is 3.58. The summed E-state index contributed by atoms with van der Waals surface area (Å²) in [7, 11) is -2.05. The van der Waals surface area contributed by atoms with Gasteiger partial charge in [-0.3, -0.25) is 14.5 Å². The Bertz CT molecular complexity index is 782. The van der Waals surface area contributed by atoms with Gasteiger partial charge in [-0.1, -0.05) is 32.9 Å². The fourth-order valence-corrected chi connectivity index (χ4v) is 4.93. The van der Waals surface area contributed by atoms with Gasteiger partial charge in [0.1, 0.15) is 0 Å². The van der Waals surface area contributed by atoms with Crippen LogP contribution in [-0.2, 0) is 4.43 Å². The Labute approximate surface area is 166 Å². The number of carboxylic acid groups (broad SMARTS) is 1. The van der Waals surface area contributed by atoms with Crippen molar-refractivity contribution in [1.82, 2.24) is 9.80 Å². The standard InChI is InChI=1S/C20H28N2O5Si/c1-20(2,3)28(4,5)27-14-10-13(21(12-14)19(25)26)11-22-17(23)15-8-6-7-9-16(15)18(22)24/h6-9,13-14H,10-12H2,1-5H3,(H,25,26). The molecule has 1 fully saturated rings. The molecule has 2 atom stereocenters. The van der Waals surface area contributed by atoms with E-state index in [0.29, 0.717) is 17.5 Å². The first-order valence-electron chi connectivity index (χ1n) is 9.55. The smallest absolute Gasteiger partial charge is 0.407 e. The second kappa shape index (κ2) is 7.00. The van der Waals surface area contributed by atoms with Crippen LogP contribution in [0.4, 0.5) is 4.79 Å². The van der Waals surface area contributed by atoms with Crippen molar-refractivity contribution in [2.24, 2.45) is 0 Å². The van der Waals surface area contributed by atoms with Crippen LogP contribution < -0.4 is 0 Å². The summed E-state index contributed by atoms with van der Waals surface area (Å²) in [6.07, 6.45) is -0.799. The number of nitrogens with zero attached hydrogens (tertiary/aromatic N) is 2. The maximum atomic E-state index is 12.6. The molecule has 1 N–H and O–H groups in total. The molecule has 2 aliphatic heterocycles. The zero-order valence-corrected chi connectivity index (χ0v) is 18.1. The molecule has 0 bridgehead atoms. The minimum absolute atomic E-state index is 0.0155. The third-order valence-electron chi connectivity index (χ3n) is 6.16. The first-order valence-corrected chi connectivity index (χ1v) is 12.5. The topological polar surface area (TPSA) is 87.2 Å². The highest BCUT2D eigenvalue weighted by Crippen LogP contribution is 2.39.